The normalized spacial score (nSPS) is 31.0. The van der Waals surface area contributed by atoms with E-state index in [-0.39, 0.29) is 0 Å². The standard InChI is InChI=1S/C22H32/c1-15-5-11-21(17(3)13-15)19-7-9-20(10-8-19)22-12-6-16(2)14-18(22)4/h17-18H,1-2,5-14H2,3-4H3. The Morgan fingerprint density at radius 3 is 1.27 bits per heavy atom. The van der Waals surface area contributed by atoms with Gasteiger partial charge in [-0.05, 0) is 76.0 Å². The maximum Gasteiger partial charge on any atom is -0.0192 e. The van der Waals surface area contributed by atoms with Crippen molar-refractivity contribution < 1.29 is 0 Å². The van der Waals surface area contributed by atoms with Gasteiger partial charge < -0.3 is 0 Å². The lowest BCUT2D eigenvalue weighted by Gasteiger charge is -2.32. The summed E-state index contributed by atoms with van der Waals surface area (Å²) in [4.78, 5) is 0. The first-order chi connectivity index (χ1) is 10.5. The van der Waals surface area contributed by atoms with Gasteiger partial charge in [0.15, 0.2) is 0 Å². The third-order valence-corrected chi connectivity index (χ3v) is 6.24. The minimum Gasteiger partial charge on any atom is -0.0998 e. The summed E-state index contributed by atoms with van der Waals surface area (Å²) in [7, 11) is 0. The van der Waals surface area contributed by atoms with Crippen LogP contribution in [0.5, 0.6) is 0 Å². The Morgan fingerprint density at radius 2 is 0.955 bits per heavy atom. The molecule has 3 aliphatic rings. The molecule has 0 saturated heterocycles. The van der Waals surface area contributed by atoms with Gasteiger partial charge in [0.25, 0.3) is 0 Å². The van der Waals surface area contributed by atoms with Crippen LogP contribution in [0.2, 0.25) is 0 Å². The smallest absolute Gasteiger partial charge is 0.0192 e. The summed E-state index contributed by atoms with van der Waals surface area (Å²) in [5, 5.41) is 0. The van der Waals surface area contributed by atoms with Crippen LogP contribution in [-0.4, -0.2) is 0 Å². The first-order valence-corrected chi connectivity index (χ1v) is 9.29. The Balaban J connectivity index is 1.70. The molecule has 0 heterocycles. The van der Waals surface area contributed by atoms with Crippen LogP contribution in [0.15, 0.2) is 46.6 Å². The summed E-state index contributed by atoms with van der Waals surface area (Å²) in [6.07, 6.45) is 12.8. The van der Waals surface area contributed by atoms with E-state index in [1.165, 1.54) is 75.4 Å². The average molecular weight is 296 g/mol. The fourth-order valence-corrected chi connectivity index (χ4v) is 4.98. The second-order valence-electron chi connectivity index (χ2n) is 7.97. The zero-order valence-electron chi connectivity index (χ0n) is 14.6. The van der Waals surface area contributed by atoms with E-state index in [1.807, 2.05) is 0 Å². The molecule has 120 valence electrons. The molecule has 22 heavy (non-hydrogen) atoms. The third-order valence-electron chi connectivity index (χ3n) is 6.24. The zero-order chi connectivity index (χ0) is 15.7. The lowest BCUT2D eigenvalue weighted by atomic mass is 9.73. The molecule has 0 radical (unpaired) electrons. The van der Waals surface area contributed by atoms with Crippen molar-refractivity contribution in [1.82, 2.24) is 0 Å². The highest BCUT2D eigenvalue weighted by Crippen LogP contribution is 2.43. The Kier molecular flexibility index (Phi) is 4.76. The van der Waals surface area contributed by atoms with Crippen molar-refractivity contribution in [2.75, 3.05) is 0 Å². The molecule has 3 rings (SSSR count). The fourth-order valence-electron chi connectivity index (χ4n) is 4.98. The van der Waals surface area contributed by atoms with E-state index in [9.17, 15) is 0 Å². The van der Waals surface area contributed by atoms with Crippen LogP contribution >= 0.6 is 0 Å². The van der Waals surface area contributed by atoms with Gasteiger partial charge in [-0.3, -0.25) is 0 Å². The van der Waals surface area contributed by atoms with Gasteiger partial charge in [-0.15, -0.1) is 0 Å². The van der Waals surface area contributed by atoms with E-state index in [2.05, 4.69) is 27.0 Å². The van der Waals surface area contributed by atoms with Gasteiger partial charge >= 0.3 is 0 Å². The van der Waals surface area contributed by atoms with E-state index >= 15 is 0 Å². The summed E-state index contributed by atoms with van der Waals surface area (Å²) >= 11 is 0. The quantitative estimate of drug-likeness (QED) is 0.426. The first-order valence-electron chi connectivity index (χ1n) is 9.29. The highest BCUT2D eigenvalue weighted by atomic mass is 14.3. The highest BCUT2D eigenvalue weighted by Gasteiger charge is 2.25. The molecule has 2 unspecified atom stereocenters. The number of allylic oxidation sites excluding steroid dienone is 6. The fraction of sp³-hybridized carbons (Fsp3) is 0.636. The second-order valence-corrected chi connectivity index (χ2v) is 7.97. The lowest BCUT2D eigenvalue weighted by Crippen LogP contribution is -2.15. The molecule has 0 amide bonds. The third kappa shape index (κ3) is 3.31. The zero-order valence-corrected chi connectivity index (χ0v) is 14.6. The Morgan fingerprint density at radius 1 is 0.591 bits per heavy atom. The molecular weight excluding hydrogens is 264 g/mol. The minimum atomic E-state index is 0.752. The van der Waals surface area contributed by atoms with Crippen molar-refractivity contribution in [3.8, 4) is 0 Å². The van der Waals surface area contributed by atoms with Gasteiger partial charge in [-0.1, -0.05) is 60.4 Å². The molecule has 2 atom stereocenters. The van der Waals surface area contributed by atoms with Crippen LogP contribution in [0.1, 0.15) is 78.1 Å². The van der Waals surface area contributed by atoms with Crippen LogP contribution in [0.4, 0.5) is 0 Å². The maximum absolute atomic E-state index is 4.19. The van der Waals surface area contributed by atoms with E-state index in [0.29, 0.717) is 0 Å². The largest absolute Gasteiger partial charge is 0.0998 e. The second kappa shape index (κ2) is 6.60. The maximum atomic E-state index is 4.19. The molecule has 0 spiro atoms. The minimum absolute atomic E-state index is 0.752. The molecule has 0 aliphatic heterocycles. The summed E-state index contributed by atoms with van der Waals surface area (Å²) < 4.78 is 0. The van der Waals surface area contributed by atoms with Crippen molar-refractivity contribution in [1.29, 1.82) is 0 Å². The van der Waals surface area contributed by atoms with Crippen LogP contribution in [-0.2, 0) is 0 Å². The molecule has 0 nitrogen and oxygen atoms in total. The Hall–Kier alpha value is -1.04. The van der Waals surface area contributed by atoms with Crippen molar-refractivity contribution in [3.63, 3.8) is 0 Å². The van der Waals surface area contributed by atoms with Crippen molar-refractivity contribution in [3.05, 3.63) is 46.6 Å². The van der Waals surface area contributed by atoms with Gasteiger partial charge in [-0.25, -0.2) is 0 Å². The van der Waals surface area contributed by atoms with Crippen LogP contribution < -0.4 is 0 Å². The van der Waals surface area contributed by atoms with Gasteiger partial charge in [-0.2, -0.15) is 0 Å². The molecule has 3 fully saturated rings. The van der Waals surface area contributed by atoms with E-state index < -0.39 is 0 Å². The molecule has 0 aromatic rings. The molecule has 0 heteroatoms. The SMILES string of the molecule is C=C1CCC(=C2CCC(=C3CCC(=C)CC3C)CC2)C(C)C1. The number of hydrogen-bond acceptors (Lipinski definition) is 0. The molecule has 3 aliphatic carbocycles. The van der Waals surface area contributed by atoms with Gasteiger partial charge in [0.2, 0.25) is 0 Å². The Labute approximate surface area is 137 Å². The summed E-state index contributed by atoms with van der Waals surface area (Å²) in [5.41, 5.74) is 10.1. The van der Waals surface area contributed by atoms with Gasteiger partial charge in [0.05, 0.1) is 0 Å². The topological polar surface area (TPSA) is 0 Å². The molecule has 0 bridgehead atoms. The first kappa shape index (κ1) is 15.8. The lowest BCUT2D eigenvalue weighted by molar-refractivity contribution is 0.532. The molecular formula is C22H32. The van der Waals surface area contributed by atoms with Gasteiger partial charge in [0.1, 0.15) is 0 Å². The molecule has 3 saturated carbocycles. The van der Waals surface area contributed by atoms with Crippen LogP contribution in [0.25, 0.3) is 0 Å². The van der Waals surface area contributed by atoms with Crippen LogP contribution in [0.3, 0.4) is 0 Å². The number of rotatable bonds is 0. The number of hydrogen-bond donors (Lipinski definition) is 0. The summed E-state index contributed by atoms with van der Waals surface area (Å²) in [6.45, 7) is 13.2. The predicted molar refractivity (Wildman–Crippen MR) is 96.8 cm³/mol. The monoisotopic (exact) mass is 296 g/mol. The van der Waals surface area contributed by atoms with Crippen molar-refractivity contribution >= 4 is 0 Å². The Bertz CT molecular complexity index is 478. The van der Waals surface area contributed by atoms with E-state index in [1.54, 1.807) is 22.3 Å². The van der Waals surface area contributed by atoms with E-state index in [4.69, 9.17) is 0 Å². The summed E-state index contributed by atoms with van der Waals surface area (Å²) in [5.74, 6) is 1.50. The van der Waals surface area contributed by atoms with Gasteiger partial charge in [0, 0.05) is 0 Å². The molecule has 0 aromatic carbocycles. The predicted octanol–water partition coefficient (Wildman–Crippen LogP) is 6.91. The summed E-state index contributed by atoms with van der Waals surface area (Å²) in [6, 6.07) is 0. The van der Waals surface area contributed by atoms with E-state index in [0.717, 1.165) is 11.8 Å². The average Bonchev–Trinajstić information content (AvgIpc) is 2.48. The van der Waals surface area contributed by atoms with Crippen molar-refractivity contribution in [2.45, 2.75) is 78.1 Å². The van der Waals surface area contributed by atoms with Crippen LogP contribution in [0, 0.1) is 11.8 Å². The highest BCUT2D eigenvalue weighted by molar-refractivity contribution is 5.31. The van der Waals surface area contributed by atoms with Crippen molar-refractivity contribution in [2.24, 2.45) is 11.8 Å². The molecule has 0 aromatic heterocycles. The molecule has 0 N–H and O–H groups in total.